The zero-order valence-electron chi connectivity index (χ0n) is 9.66. The minimum Gasteiger partial charge on any atom is -0.393 e. The van der Waals surface area contributed by atoms with Crippen molar-refractivity contribution < 1.29 is 0 Å². The van der Waals surface area contributed by atoms with Crippen LogP contribution in [-0.2, 0) is 0 Å². The standard InChI is InChI=1S/C12H15N3O/c1-7-4-8(2)6-10(5-7)15-12(16)11(13)9(3)14-15/h4-6,14H,13H2,1-3H3. The lowest BCUT2D eigenvalue weighted by Gasteiger charge is -2.04. The Bertz CT molecular complexity index is 573. The summed E-state index contributed by atoms with van der Waals surface area (Å²) in [7, 11) is 0. The van der Waals surface area contributed by atoms with Crippen LogP contribution in [0.1, 0.15) is 16.8 Å². The minimum atomic E-state index is -0.192. The molecule has 2 aromatic rings. The maximum atomic E-state index is 11.8. The molecule has 16 heavy (non-hydrogen) atoms. The Balaban J connectivity index is 2.67. The van der Waals surface area contributed by atoms with Gasteiger partial charge in [-0.05, 0) is 44.0 Å². The molecule has 1 aromatic carbocycles. The third-order valence-electron chi connectivity index (χ3n) is 2.58. The van der Waals surface area contributed by atoms with Crippen LogP contribution < -0.4 is 11.3 Å². The SMILES string of the molecule is Cc1cc(C)cc(-n2[nH]c(C)c(N)c2=O)c1. The van der Waals surface area contributed by atoms with Crippen molar-refractivity contribution >= 4 is 5.69 Å². The van der Waals surface area contributed by atoms with E-state index in [0.717, 1.165) is 16.8 Å². The number of hydrogen-bond donors (Lipinski definition) is 2. The van der Waals surface area contributed by atoms with E-state index in [1.165, 1.54) is 4.68 Å². The van der Waals surface area contributed by atoms with E-state index in [4.69, 9.17) is 5.73 Å². The molecule has 0 atom stereocenters. The first-order valence-corrected chi connectivity index (χ1v) is 5.15. The number of nitrogen functional groups attached to an aromatic ring is 1. The molecule has 4 heteroatoms. The summed E-state index contributed by atoms with van der Waals surface area (Å²) in [5.41, 5.74) is 9.49. The smallest absolute Gasteiger partial charge is 0.294 e. The summed E-state index contributed by atoms with van der Waals surface area (Å²) in [6.07, 6.45) is 0. The molecule has 0 fully saturated rings. The van der Waals surface area contributed by atoms with Gasteiger partial charge in [0.05, 0.1) is 11.4 Å². The van der Waals surface area contributed by atoms with Gasteiger partial charge in [-0.15, -0.1) is 0 Å². The predicted molar refractivity (Wildman–Crippen MR) is 65.0 cm³/mol. The van der Waals surface area contributed by atoms with Crippen LogP contribution in [0, 0.1) is 20.8 Å². The van der Waals surface area contributed by atoms with Crippen molar-refractivity contribution in [2.75, 3.05) is 5.73 Å². The second-order valence-electron chi connectivity index (χ2n) is 4.14. The van der Waals surface area contributed by atoms with Crippen LogP contribution in [0.4, 0.5) is 5.69 Å². The summed E-state index contributed by atoms with van der Waals surface area (Å²) in [4.78, 5) is 11.8. The van der Waals surface area contributed by atoms with Crippen molar-refractivity contribution in [3.63, 3.8) is 0 Å². The normalized spacial score (nSPS) is 10.7. The number of aromatic nitrogens is 2. The van der Waals surface area contributed by atoms with Gasteiger partial charge in [0.15, 0.2) is 0 Å². The van der Waals surface area contributed by atoms with Crippen LogP contribution in [0.15, 0.2) is 23.0 Å². The fraction of sp³-hybridized carbons (Fsp3) is 0.250. The fourth-order valence-electron chi connectivity index (χ4n) is 1.82. The summed E-state index contributed by atoms with van der Waals surface area (Å²) in [6.45, 7) is 5.79. The number of aryl methyl sites for hydroxylation is 3. The first kappa shape index (κ1) is 10.5. The quantitative estimate of drug-likeness (QED) is 0.763. The topological polar surface area (TPSA) is 63.8 Å². The summed E-state index contributed by atoms with van der Waals surface area (Å²) < 4.78 is 1.48. The van der Waals surface area contributed by atoms with E-state index in [2.05, 4.69) is 11.2 Å². The Hall–Kier alpha value is -1.97. The van der Waals surface area contributed by atoms with E-state index in [9.17, 15) is 4.79 Å². The van der Waals surface area contributed by atoms with Crippen LogP contribution >= 0.6 is 0 Å². The molecule has 0 saturated heterocycles. The summed E-state index contributed by atoms with van der Waals surface area (Å²) in [5.74, 6) is 0. The van der Waals surface area contributed by atoms with E-state index in [0.29, 0.717) is 5.69 Å². The lowest BCUT2D eigenvalue weighted by atomic mass is 10.1. The van der Waals surface area contributed by atoms with Crippen molar-refractivity contribution in [1.29, 1.82) is 0 Å². The van der Waals surface area contributed by atoms with E-state index in [1.54, 1.807) is 6.92 Å². The van der Waals surface area contributed by atoms with Crippen molar-refractivity contribution in [3.8, 4) is 5.69 Å². The number of rotatable bonds is 1. The third-order valence-corrected chi connectivity index (χ3v) is 2.58. The van der Waals surface area contributed by atoms with Crippen LogP contribution in [0.2, 0.25) is 0 Å². The number of nitrogens with one attached hydrogen (secondary N) is 1. The molecule has 0 amide bonds. The average Bonchev–Trinajstić information content (AvgIpc) is 2.44. The molecule has 84 valence electrons. The summed E-state index contributed by atoms with van der Waals surface area (Å²) in [6, 6.07) is 5.96. The van der Waals surface area contributed by atoms with E-state index >= 15 is 0 Å². The zero-order chi connectivity index (χ0) is 11.9. The average molecular weight is 217 g/mol. The highest BCUT2D eigenvalue weighted by atomic mass is 16.1. The molecule has 3 N–H and O–H groups in total. The lowest BCUT2D eigenvalue weighted by Crippen LogP contribution is -2.16. The number of anilines is 1. The maximum Gasteiger partial charge on any atom is 0.294 e. The summed E-state index contributed by atoms with van der Waals surface area (Å²) in [5, 5.41) is 2.96. The first-order chi connectivity index (χ1) is 7.49. The van der Waals surface area contributed by atoms with Crippen LogP contribution in [0.5, 0.6) is 0 Å². The van der Waals surface area contributed by atoms with Crippen molar-refractivity contribution in [1.82, 2.24) is 9.78 Å². The highest BCUT2D eigenvalue weighted by Gasteiger charge is 2.09. The molecule has 4 nitrogen and oxygen atoms in total. The molecule has 1 heterocycles. The predicted octanol–water partition coefficient (Wildman–Crippen LogP) is 1.67. The monoisotopic (exact) mass is 217 g/mol. The maximum absolute atomic E-state index is 11.8. The van der Waals surface area contributed by atoms with Gasteiger partial charge in [0.25, 0.3) is 5.56 Å². The molecule has 0 aliphatic rings. The molecule has 0 aliphatic carbocycles. The number of aromatic amines is 1. The number of nitrogens with two attached hydrogens (primary N) is 1. The van der Waals surface area contributed by atoms with Gasteiger partial charge in [0.2, 0.25) is 0 Å². The first-order valence-electron chi connectivity index (χ1n) is 5.15. The molecule has 0 aliphatic heterocycles. The van der Waals surface area contributed by atoms with Gasteiger partial charge >= 0.3 is 0 Å². The molecular weight excluding hydrogens is 202 g/mol. The van der Waals surface area contributed by atoms with Crippen LogP contribution in [-0.4, -0.2) is 9.78 Å². The highest BCUT2D eigenvalue weighted by molar-refractivity contribution is 5.45. The molecule has 0 bridgehead atoms. The highest BCUT2D eigenvalue weighted by Crippen LogP contribution is 2.13. The largest absolute Gasteiger partial charge is 0.393 e. The van der Waals surface area contributed by atoms with Crippen molar-refractivity contribution in [3.05, 3.63) is 45.4 Å². The van der Waals surface area contributed by atoms with Gasteiger partial charge in [-0.3, -0.25) is 9.89 Å². The molecule has 0 spiro atoms. The Morgan fingerprint density at radius 1 is 1.12 bits per heavy atom. The van der Waals surface area contributed by atoms with Gasteiger partial charge in [-0.25, -0.2) is 4.68 Å². The Kier molecular flexibility index (Phi) is 2.34. The summed E-state index contributed by atoms with van der Waals surface area (Å²) >= 11 is 0. The fourth-order valence-corrected chi connectivity index (χ4v) is 1.82. The molecule has 0 saturated carbocycles. The molecular formula is C12H15N3O. The van der Waals surface area contributed by atoms with Crippen LogP contribution in [0.3, 0.4) is 0 Å². The van der Waals surface area contributed by atoms with Gasteiger partial charge < -0.3 is 5.73 Å². The molecule has 1 aromatic heterocycles. The number of H-pyrrole nitrogens is 1. The Morgan fingerprint density at radius 2 is 1.69 bits per heavy atom. The third kappa shape index (κ3) is 1.62. The van der Waals surface area contributed by atoms with Crippen LogP contribution in [0.25, 0.3) is 5.69 Å². The zero-order valence-corrected chi connectivity index (χ0v) is 9.66. The Morgan fingerprint density at radius 3 is 2.12 bits per heavy atom. The second-order valence-corrected chi connectivity index (χ2v) is 4.14. The van der Waals surface area contributed by atoms with Gasteiger partial charge in [-0.1, -0.05) is 6.07 Å². The lowest BCUT2D eigenvalue weighted by molar-refractivity contribution is 0.833. The number of nitrogens with zero attached hydrogens (tertiary/aromatic N) is 1. The molecule has 0 unspecified atom stereocenters. The number of benzene rings is 1. The molecule has 2 rings (SSSR count). The van der Waals surface area contributed by atoms with Crippen molar-refractivity contribution in [2.24, 2.45) is 0 Å². The van der Waals surface area contributed by atoms with Gasteiger partial charge in [-0.2, -0.15) is 0 Å². The van der Waals surface area contributed by atoms with Gasteiger partial charge in [0.1, 0.15) is 5.69 Å². The van der Waals surface area contributed by atoms with E-state index < -0.39 is 0 Å². The van der Waals surface area contributed by atoms with Gasteiger partial charge in [0, 0.05) is 0 Å². The Labute approximate surface area is 93.7 Å². The van der Waals surface area contributed by atoms with E-state index in [1.807, 2.05) is 26.0 Å². The van der Waals surface area contributed by atoms with E-state index in [-0.39, 0.29) is 11.2 Å². The number of hydrogen-bond acceptors (Lipinski definition) is 2. The minimum absolute atomic E-state index is 0.192. The second kappa shape index (κ2) is 3.56. The van der Waals surface area contributed by atoms with Crippen molar-refractivity contribution in [2.45, 2.75) is 20.8 Å². The molecule has 0 radical (unpaired) electrons.